The lowest BCUT2D eigenvalue weighted by Crippen LogP contribution is -2.52. The van der Waals surface area contributed by atoms with E-state index >= 15 is 0 Å². The predicted octanol–water partition coefficient (Wildman–Crippen LogP) is 6.71. The predicted molar refractivity (Wildman–Crippen MR) is 164 cm³/mol. The monoisotopic (exact) mass is 615 g/mol. The Morgan fingerprint density at radius 2 is 1.83 bits per heavy atom. The van der Waals surface area contributed by atoms with Crippen LogP contribution in [0.1, 0.15) is 64.2 Å². The minimum absolute atomic E-state index is 0.0516. The number of hydrogen-bond acceptors (Lipinski definition) is 9. The standard InChI is InChI=1S/C31H37NO6S3/c1-19(2)31(14-13-21-9-11-22(32)12-10-21)18-24(33)28(29(34)37-31)40-26-16-20(3)25(17-23(26)30(4,5)6)38-41(35,36)27-8-7-15-39-27/h7-12,15-17,19,28H,13-14,18,32H2,1-6H3. The summed E-state index contributed by atoms with van der Waals surface area (Å²) in [7, 11) is -3.98. The van der Waals surface area contributed by atoms with Gasteiger partial charge in [0.15, 0.2) is 15.2 Å². The summed E-state index contributed by atoms with van der Waals surface area (Å²) in [4.78, 5) is 27.7. The Balaban J connectivity index is 1.58. The Morgan fingerprint density at radius 1 is 1.15 bits per heavy atom. The van der Waals surface area contributed by atoms with Crippen molar-refractivity contribution in [3.05, 3.63) is 70.6 Å². The number of Topliss-reactive ketones (excluding diaryl/α,β-unsaturated/α-hetero) is 1. The molecule has 4 rings (SSSR count). The van der Waals surface area contributed by atoms with Gasteiger partial charge in [0.2, 0.25) is 0 Å². The number of benzene rings is 2. The summed E-state index contributed by atoms with van der Waals surface area (Å²) in [6.07, 6.45) is 1.31. The molecule has 3 aromatic rings. The summed E-state index contributed by atoms with van der Waals surface area (Å²) >= 11 is 2.25. The van der Waals surface area contributed by atoms with Crippen LogP contribution >= 0.6 is 23.1 Å². The molecule has 0 bridgehead atoms. The molecular weight excluding hydrogens is 579 g/mol. The highest BCUT2D eigenvalue weighted by Gasteiger charge is 2.49. The van der Waals surface area contributed by atoms with Gasteiger partial charge in [0.25, 0.3) is 0 Å². The molecule has 220 valence electrons. The molecule has 1 aromatic heterocycles. The molecule has 1 fully saturated rings. The molecule has 2 N–H and O–H groups in total. The Labute approximate surface area is 251 Å². The number of anilines is 1. The van der Waals surface area contributed by atoms with Crippen LogP contribution in [0, 0.1) is 12.8 Å². The van der Waals surface area contributed by atoms with E-state index in [0.29, 0.717) is 29.0 Å². The first-order valence-electron chi connectivity index (χ1n) is 13.5. The Bertz CT molecular complexity index is 1500. The lowest BCUT2D eigenvalue weighted by molar-refractivity contribution is -0.176. The third kappa shape index (κ3) is 6.98. The number of thiophene rings is 1. The number of ketones is 1. The van der Waals surface area contributed by atoms with Crippen molar-refractivity contribution in [2.45, 2.75) is 86.2 Å². The number of nitrogens with two attached hydrogens (primary N) is 1. The number of aryl methyl sites for hydroxylation is 2. The Morgan fingerprint density at radius 3 is 2.39 bits per heavy atom. The normalized spacial score (nSPS) is 19.8. The van der Waals surface area contributed by atoms with E-state index in [1.807, 2.05) is 58.9 Å². The fraction of sp³-hybridized carbons (Fsp3) is 0.419. The topological polar surface area (TPSA) is 113 Å². The minimum Gasteiger partial charge on any atom is -0.457 e. The number of cyclic esters (lactones) is 1. The summed E-state index contributed by atoms with van der Waals surface area (Å²) in [5.74, 6) is -0.554. The number of esters is 1. The van der Waals surface area contributed by atoms with E-state index in [1.54, 1.807) is 30.5 Å². The first-order chi connectivity index (χ1) is 19.1. The van der Waals surface area contributed by atoms with Crippen LogP contribution in [0.25, 0.3) is 0 Å². The number of nitrogen functional groups attached to an aromatic ring is 1. The van der Waals surface area contributed by atoms with Crippen LogP contribution in [0.15, 0.2) is 63.0 Å². The lowest BCUT2D eigenvalue weighted by atomic mass is 9.78. The van der Waals surface area contributed by atoms with E-state index in [9.17, 15) is 18.0 Å². The fourth-order valence-electron chi connectivity index (χ4n) is 4.84. The van der Waals surface area contributed by atoms with E-state index in [0.717, 1.165) is 34.2 Å². The van der Waals surface area contributed by atoms with Crippen molar-refractivity contribution >= 4 is 50.7 Å². The highest BCUT2D eigenvalue weighted by molar-refractivity contribution is 8.01. The molecule has 0 saturated carbocycles. The average molecular weight is 616 g/mol. The molecule has 1 saturated heterocycles. The van der Waals surface area contributed by atoms with E-state index in [4.69, 9.17) is 14.7 Å². The number of ether oxygens (including phenoxy) is 1. The van der Waals surface area contributed by atoms with Gasteiger partial charge in [0.1, 0.15) is 11.4 Å². The maximum Gasteiger partial charge on any atom is 0.348 e. The van der Waals surface area contributed by atoms with Gasteiger partial charge >= 0.3 is 16.1 Å². The molecule has 1 aliphatic heterocycles. The van der Waals surface area contributed by atoms with Gasteiger partial charge in [-0.1, -0.05) is 52.8 Å². The molecule has 10 heteroatoms. The number of carbonyl (C=O) groups excluding carboxylic acids is 2. The van der Waals surface area contributed by atoms with Crippen LogP contribution in [0.5, 0.6) is 5.75 Å². The van der Waals surface area contributed by atoms with Gasteiger partial charge in [-0.25, -0.2) is 0 Å². The Hall–Kier alpha value is -2.82. The van der Waals surface area contributed by atoms with Crippen LogP contribution in [0.4, 0.5) is 5.69 Å². The summed E-state index contributed by atoms with van der Waals surface area (Å²) in [5.41, 5.74) is 7.59. The third-order valence-electron chi connectivity index (χ3n) is 7.42. The molecule has 7 nitrogen and oxygen atoms in total. The summed E-state index contributed by atoms with van der Waals surface area (Å²) in [6.45, 7) is 11.7. The smallest absolute Gasteiger partial charge is 0.348 e. The summed E-state index contributed by atoms with van der Waals surface area (Å²) in [6, 6.07) is 14.2. The van der Waals surface area contributed by atoms with E-state index < -0.39 is 32.4 Å². The number of hydrogen-bond donors (Lipinski definition) is 1. The van der Waals surface area contributed by atoms with Crippen LogP contribution < -0.4 is 9.92 Å². The molecule has 0 aliphatic carbocycles. The maximum atomic E-state index is 13.6. The van der Waals surface area contributed by atoms with Gasteiger partial charge in [-0.3, -0.25) is 9.59 Å². The van der Waals surface area contributed by atoms with Crippen molar-refractivity contribution < 1.29 is 26.9 Å². The molecule has 2 heterocycles. The zero-order chi connectivity index (χ0) is 30.2. The van der Waals surface area contributed by atoms with Crippen LogP contribution in [-0.4, -0.2) is 31.0 Å². The molecule has 0 amide bonds. The second-order valence-corrected chi connectivity index (χ2v) is 15.7. The van der Waals surface area contributed by atoms with Gasteiger partial charge in [-0.15, -0.1) is 23.1 Å². The van der Waals surface area contributed by atoms with E-state index in [-0.39, 0.29) is 28.1 Å². The van der Waals surface area contributed by atoms with Crippen LogP contribution in [0.3, 0.4) is 0 Å². The molecule has 0 radical (unpaired) electrons. The molecular formula is C31H37NO6S3. The lowest BCUT2D eigenvalue weighted by Gasteiger charge is -2.41. The van der Waals surface area contributed by atoms with Gasteiger partial charge in [-0.2, -0.15) is 8.42 Å². The zero-order valence-electron chi connectivity index (χ0n) is 24.2. The Kier molecular flexibility index (Phi) is 8.97. The third-order valence-corrected chi connectivity index (χ3v) is 11.3. The van der Waals surface area contributed by atoms with Crippen molar-refractivity contribution in [3.8, 4) is 5.75 Å². The van der Waals surface area contributed by atoms with Crippen molar-refractivity contribution in [2.75, 3.05) is 5.73 Å². The molecule has 2 atom stereocenters. The zero-order valence-corrected chi connectivity index (χ0v) is 26.7. The molecule has 41 heavy (non-hydrogen) atoms. The van der Waals surface area contributed by atoms with Crippen molar-refractivity contribution in [1.82, 2.24) is 0 Å². The molecule has 0 spiro atoms. The second kappa shape index (κ2) is 11.8. The highest BCUT2D eigenvalue weighted by atomic mass is 32.3. The average Bonchev–Trinajstić information content (AvgIpc) is 3.43. The van der Waals surface area contributed by atoms with Gasteiger partial charge < -0.3 is 14.7 Å². The van der Waals surface area contributed by atoms with Crippen molar-refractivity contribution in [1.29, 1.82) is 0 Å². The summed E-state index contributed by atoms with van der Waals surface area (Å²) < 4.78 is 37.4. The number of carbonyl (C=O) groups is 2. The van der Waals surface area contributed by atoms with Crippen LogP contribution in [0.2, 0.25) is 0 Å². The fourth-order valence-corrected chi connectivity index (χ4v) is 8.12. The second-order valence-electron chi connectivity index (χ2n) is 11.9. The van der Waals surface area contributed by atoms with Gasteiger partial charge in [-0.05, 0) is 83.5 Å². The van der Waals surface area contributed by atoms with Crippen molar-refractivity contribution in [3.63, 3.8) is 0 Å². The molecule has 2 aromatic carbocycles. The SMILES string of the molecule is Cc1cc(SC2C(=O)CC(CCc3ccc(N)cc3)(C(C)C)OC2=O)c(C(C)(C)C)cc1OS(=O)(=O)c1cccs1. The van der Waals surface area contributed by atoms with E-state index in [2.05, 4.69) is 0 Å². The quantitative estimate of drug-likeness (QED) is 0.122. The molecule has 2 unspecified atom stereocenters. The number of thioether (sulfide) groups is 1. The summed E-state index contributed by atoms with van der Waals surface area (Å²) in [5, 5.41) is 0.663. The first-order valence-corrected chi connectivity index (χ1v) is 16.7. The van der Waals surface area contributed by atoms with E-state index in [1.165, 1.54) is 6.07 Å². The number of rotatable bonds is 9. The van der Waals surface area contributed by atoms with Gasteiger partial charge in [0.05, 0.1) is 0 Å². The first kappa shape index (κ1) is 31.1. The highest BCUT2D eigenvalue weighted by Crippen LogP contribution is 2.44. The maximum absolute atomic E-state index is 13.6. The van der Waals surface area contributed by atoms with Gasteiger partial charge in [0, 0.05) is 17.0 Å². The largest absolute Gasteiger partial charge is 0.457 e. The van der Waals surface area contributed by atoms with Crippen molar-refractivity contribution in [2.24, 2.45) is 5.92 Å². The van der Waals surface area contributed by atoms with Crippen LogP contribution in [-0.2, 0) is 36.3 Å². The molecule has 1 aliphatic rings. The minimum atomic E-state index is -3.98.